The number of rotatable bonds is 4. The predicted molar refractivity (Wildman–Crippen MR) is 99.9 cm³/mol. The lowest BCUT2D eigenvalue weighted by molar-refractivity contribution is -0.115. The number of methoxy groups -OCH3 is 1. The summed E-state index contributed by atoms with van der Waals surface area (Å²) in [5.41, 5.74) is 8.38. The van der Waals surface area contributed by atoms with E-state index >= 15 is 0 Å². The van der Waals surface area contributed by atoms with Crippen molar-refractivity contribution in [3.8, 4) is 17.1 Å². The van der Waals surface area contributed by atoms with Crippen LogP contribution in [-0.2, 0) is 4.79 Å². The van der Waals surface area contributed by atoms with Gasteiger partial charge in [0.1, 0.15) is 11.8 Å². The highest BCUT2D eigenvalue weighted by molar-refractivity contribution is 5.95. The quantitative estimate of drug-likeness (QED) is 0.736. The van der Waals surface area contributed by atoms with Crippen LogP contribution >= 0.6 is 0 Å². The summed E-state index contributed by atoms with van der Waals surface area (Å²) < 4.78 is 6.86. The van der Waals surface area contributed by atoms with Gasteiger partial charge in [-0.05, 0) is 42.8 Å². The summed E-state index contributed by atoms with van der Waals surface area (Å²) in [4.78, 5) is 20.9. The van der Waals surface area contributed by atoms with E-state index in [-0.39, 0.29) is 0 Å². The van der Waals surface area contributed by atoms with Gasteiger partial charge >= 0.3 is 0 Å². The van der Waals surface area contributed by atoms with E-state index in [1.165, 1.54) is 0 Å². The summed E-state index contributed by atoms with van der Waals surface area (Å²) in [5.74, 6) is 1.31. The molecule has 3 aromatic rings. The molecule has 2 aromatic heterocycles. The number of carbonyl (C=O) groups is 1. The van der Waals surface area contributed by atoms with E-state index in [0.717, 1.165) is 16.9 Å². The fourth-order valence-corrected chi connectivity index (χ4v) is 3.18. The van der Waals surface area contributed by atoms with E-state index in [9.17, 15) is 4.79 Å². The molecule has 1 aromatic carbocycles. The maximum absolute atomic E-state index is 12.1. The first-order chi connectivity index (χ1) is 13.1. The molecule has 0 saturated carbocycles. The summed E-state index contributed by atoms with van der Waals surface area (Å²) in [5, 5.41) is 7.76. The number of nitrogens with zero attached hydrogens (tertiary/aromatic N) is 4. The Hall–Kier alpha value is -3.68. The van der Waals surface area contributed by atoms with Crippen molar-refractivity contribution in [1.29, 1.82) is 0 Å². The van der Waals surface area contributed by atoms with Gasteiger partial charge in [-0.3, -0.25) is 9.78 Å². The number of allylic oxidation sites excluding steroid dienone is 1. The minimum absolute atomic E-state index is 0.432. The normalized spacial score (nSPS) is 15.9. The Morgan fingerprint density at radius 1 is 1.26 bits per heavy atom. The van der Waals surface area contributed by atoms with Gasteiger partial charge in [0.25, 0.3) is 0 Å². The van der Waals surface area contributed by atoms with Gasteiger partial charge in [-0.15, -0.1) is 5.10 Å². The van der Waals surface area contributed by atoms with Crippen LogP contribution in [0, 0.1) is 0 Å². The number of hydrogen-bond acceptors (Lipinski definition) is 6. The summed E-state index contributed by atoms with van der Waals surface area (Å²) in [7, 11) is 1.62. The lowest BCUT2D eigenvalue weighted by Crippen LogP contribution is -2.31. The number of nitrogens with one attached hydrogen (secondary N) is 1. The van der Waals surface area contributed by atoms with Gasteiger partial charge in [0.2, 0.25) is 11.9 Å². The van der Waals surface area contributed by atoms with Crippen molar-refractivity contribution in [2.24, 2.45) is 5.73 Å². The first kappa shape index (κ1) is 16.8. The largest absolute Gasteiger partial charge is 0.497 e. The molecule has 8 heteroatoms. The topological polar surface area (TPSA) is 108 Å². The number of carbonyl (C=O) groups excluding carboxylic acids is 1. The number of benzene rings is 1. The van der Waals surface area contributed by atoms with Crippen LogP contribution in [0.1, 0.15) is 18.5 Å². The molecular weight excluding hydrogens is 344 g/mol. The smallest absolute Gasteiger partial charge is 0.248 e. The standard InChI is InChI=1S/C19H18N6O2/c1-11-15(17(20)26)16(13-4-3-9-21-10-13)25-19(22-11)23-18(24-25)12-5-7-14(27-2)8-6-12/h3-10,16H,1-2H3,(H2,20,26)(H,22,23,24)/t16-/m0/s1. The molecular formula is C19H18N6O2. The fourth-order valence-electron chi connectivity index (χ4n) is 3.18. The molecule has 1 atom stereocenters. The van der Waals surface area contributed by atoms with Gasteiger partial charge in [-0.2, -0.15) is 4.98 Å². The summed E-state index contributed by atoms with van der Waals surface area (Å²) >= 11 is 0. The number of primary amides is 1. The number of amides is 1. The first-order valence-electron chi connectivity index (χ1n) is 8.37. The Morgan fingerprint density at radius 3 is 2.67 bits per heavy atom. The Morgan fingerprint density at radius 2 is 2.04 bits per heavy atom. The fraction of sp³-hybridized carbons (Fsp3) is 0.158. The average Bonchev–Trinajstić information content (AvgIpc) is 3.11. The second-order valence-corrected chi connectivity index (χ2v) is 6.15. The van der Waals surface area contributed by atoms with Crippen molar-refractivity contribution in [2.45, 2.75) is 13.0 Å². The molecule has 0 bridgehead atoms. The third kappa shape index (κ3) is 2.91. The van der Waals surface area contributed by atoms with Crippen LogP contribution in [0.25, 0.3) is 11.4 Å². The van der Waals surface area contributed by atoms with Crippen molar-refractivity contribution in [1.82, 2.24) is 19.7 Å². The molecule has 136 valence electrons. The van der Waals surface area contributed by atoms with Gasteiger partial charge in [0, 0.05) is 23.7 Å². The molecule has 1 aliphatic rings. The number of ether oxygens (including phenoxy) is 1. The molecule has 0 saturated heterocycles. The van der Waals surface area contributed by atoms with Crippen LogP contribution in [0.5, 0.6) is 5.75 Å². The SMILES string of the molecule is COc1ccc(-c2nc3n(n2)[C@@H](c2cccnc2)C(C(N)=O)=C(C)N3)cc1. The Labute approximate surface area is 155 Å². The van der Waals surface area contributed by atoms with E-state index in [0.29, 0.717) is 23.0 Å². The number of hydrogen-bond donors (Lipinski definition) is 2. The maximum atomic E-state index is 12.1. The molecule has 3 heterocycles. The lowest BCUT2D eigenvalue weighted by atomic mass is 9.97. The number of anilines is 1. The molecule has 0 radical (unpaired) electrons. The Bertz CT molecular complexity index is 1020. The third-order valence-corrected chi connectivity index (χ3v) is 4.47. The van der Waals surface area contributed by atoms with Crippen LogP contribution in [0.3, 0.4) is 0 Å². The zero-order chi connectivity index (χ0) is 19.0. The zero-order valence-corrected chi connectivity index (χ0v) is 14.9. The molecule has 0 spiro atoms. The van der Waals surface area contributed by atoms with Crippen molar-refractivity contribution in [3.63, 3.8) is 0 Å². The van der Waals surface area contributed by atoms with Gasteiger partial charge in [-0.25, -0.2) is 4.68 Å². The minimum atomic E-state index is -0.513. The second kappa shape index (κ2) is 6.56. The van der Waals surface area contributed by atoms with E-state index < -0.39 is 11.9 Å². The van der Waals surface area contributed by atoms with Crippen molar-refractivity contribution in [3.05, 3.63) is 65.6 Å². The van der Waals surface area contributed by atoms with Crippen LogP contribution in [0.15, 0.2) is 60.1 Å². The third-order valence-electron chi connectivity index (χ3n) is 4.47. The Kier molecular flexibility index (Phi) is 4.08. The molecule has 4 rings (SSSR count). The van der Waals surface area contributed by atoms with Gasteiger partial charge < -0.3 is 15.8 Å². The van der Waals surface area contributed by atoms with Crippen molar-refractivity contribution < 1.29 is 9.53 Å². The zero-order valence-electron chi connectivity index (χ0n) is 14.9. The van der Waals surface area contributed by atoms with E-state index in [4.69, 9.17) is 10.5 Å². The van der Waals surface area contributed by atoms with E-state index in [1.807, 2.05) is 36.4 Å². The van der Waals surface area contributed by atoms with Crippen LogP contribution < -0.4 is 15.8 Å². The molecule has 1 amide bonds. The molecule has 0 unspecified atom stereocenters. The van der Waals surface area contributed by atoms with Crippen LogP contribution in [0.2, 0.25) is 0 Å². The highest BCUT2D eigenvalue weighted by atomic mass is 16.5. The number of pyridine rings is 1. The minimum Gasteiger partial charge on any atom is -0.497 e. The van der Waals surface area contributed by atoms with Gasteiger partial charge in [0.05, 0.1) is 12.7 Å². The average molecular weight is 362 g/mol. The summed E-state index contributed by atoms with van der Waals surface area (Å²) in [6.45, 7) is 1.80. The van der Waals surface area contributed by atoms with Crippen LogP contribution in [-0.4, -0.2) is 32.8 Å². The lowest BCUT2D eigenvalue weighted by Gasteiger charge is -2.27. The highest BCUT2D eigenvalue weighted by Crippen LogP contribution is 2.35. The monoisotopic (exact) mass is 362 g/mol. The molecule has 1 aliphatic heterocycles. The molecule has 8 nitrogen and oxygen atoms in total. The number of fused-ring (bicyclic) bond motifs is 1. The van der Waals surface area contributed by atoms with Crippen LogP contribution in [0.4, 0.5) is 5.95 Å². The molecule has 0 aliphatic carbocycles. The van der Waals surface area contributed by atoms with E-state index in [2.05, 4.69) is 20.4 Å². The van der Waals surface area contributed by atoms with Crippen molar-refractivity contribution in [2.75, 3.05) is 12.4 Å². The predicted octanol–water partition coefficient (Wildman–Crippen LogP) is 2.12. The maximum Gasteiger partial charge on any atom is 0.248 e. The van der Waals surface area contributed by atoms with E-state index in [1.54, 1.807) is 31.1 Å². The summed E-state index contributed by atoms with van der Waals surface area (Å²) in [6, 6.07) is 10.7. The van der Waals surface area contributed by atoms with Gasteiger partial charge in [-0.1, -0.05) is 6.07 Å². The second-order valence-electron chi connectivity index (χ2n) is 6.15. The molecule has 0 fully saturated rings. The summed E-state index contributed by atoms with van der Waals surface area (Å²) in [6.07, 6.45) is 3.38. The Balaban J connectivity index is 1.83. The van der Waals surface area contributed by atoms with Gasteiger partial charge in [0.15, 0.2) is 5.82 Å². The van der Waals surface area contributed by atoms with Crippen molar-refractivity contribution >= 4 is 11.9 Å². The first-order valence-corrected chi connectivity index (χ1v) is 8.37. The highest BCUT2D eigenvalue weighted by Gasteiger charge is 2.33. The number of aromatic nitrogens is 4. The number of nitrogens with two attached hydrogens (primary N) is 1. The molecule has 3 N–H and O–H groups in total. The molecule has 27 heavy (non-hydrogen) atoms.